The van der Waals surface area contributed by atoms with Crippen LogP contribution in [0, 0.1) is 28.9 Å². The molecule has 1 aliphatic rings. The zero-order valence-corrected chi connectivity index (χ0v) is 12.8. The molecule has 1 amide bonds. The Morgan fingerprint density at radius 2 is 2.05 bits per heavy atom. The number of nitro groups is 1. The molecule has 3 atom stereocenters. The maximum atomic E-state index is 12.3. The quantitative estimate of drug-likeness (QED) is 0.684. The van der Waals surface area contributed by atoms with E-state index in [0.29, 0.717) is 23.0 Å². The third kappa shape index (κ3) is 3.40. The van der Waals surface area contributed by atoms with Crippen molar-refractivity contribution in [3.63, 3.8) is 0 Å². The summed E-state index contributed by atoms with van der Waals surface area (Å²) in [6, 6.07) is 4.79. The van der Waals surface area contributed by atoms with Gasteiger partial charge in [-0.25, -0.2) is 0 Å². The van der Waals surface area contributed by atoms with Gasteiger partial charge in [-0.3, -0.25) is 14.9 Å². The predicted molar refractivity (Wildman–Crippen MR) is 81.3 cm³/mol. The second kappa shape index (κ2) is 6.24. The molecule has 2 rings (SSSR count). The highest BCUT2D eigenvalue weighted by Gasteiger charge is 2.28. The molecule has 5 heteroatoms. The van der Waals surface area contributed by atoms with Crippen LogP contribution in [-0.2, 0) is 0 Å². The second-order valence-electron chi connectivity index (χ2n) is 6.11. The van der Waals surface area contributed by atoms with Crippen LogP contribution in [0.15, 0.2) is 18.2 Å². The highest BCUT2D eigenvalue weighted by Crippen LogP contribution is 2.29. The fourth-order valence-electron chi connectivity index (χ4n) is 2.98. The van der Waals surface area contributed by atoms with Gasteiger partial charge in [0, 0.05) is 23.2 Å². The zero-order valence-electron chi connectivity index (χ0n) is 12.8. The third-order valence-corrected chi connectivity index (χ3v) is 4.69. The SMILES string of the molecule is Cc1ccc(C(=O)NC2CCCC(C)C2C)cc1[N+](=O)[O-]. The van der Waals surface area contributed by atoms with Crippen molar-refractivity contribution in [3.05, 3.63) is 39.4 Å². The van der Waals surface area contributed by atoms with Gasteiger partial charge in [0.05, 0.1) is 4.92 Å². The average Bonchev–Trinajstić information content (AvgIpc) is 2.44. The molecule has 3 unspecified atom stereocenters. The molecule has 1 saturated carbocycles. The van der Waals surface area contributed by atoms with Crippen LogP contribution in [0.3, 0.4) is 0 Å². The zero-order chi connectivity index (χ0) is 15.6. The molecule has 1 aliphatic carbocycles. The van der Waals surface area contributed by atoms with Gasteiger partial charge in [0.25, 0.3) is 11.6 Å². The topological polar surface area (TPSA) is 72.2 Å². The largest absolute Gasteiger partial charge is 0.349 e. The summed E-state index contributed by atoms with van der Waals surface area (Å²) >= 11 is 0. The van der Waals surface area contributed by atoms with E-state index in [1.807, 2.05) is 0 Å². The maximum absolute atomic E-state index is 12.3. The molecule has 0 saturated heterocycles. The van der Waals surface area contributed by atoms with Crippen LogP contribution in [0.4, 0.5) is 5.69 Å². The number of hydrogen-bond acceptors (Lipinski definition) is 3. The maximum Gasteiger partial charge on any atom is 0.273 e. The first-order chi connectivity index (χ1) is 9.90. The van der Waals surface area contributed by atoms with Crippen molar-refractivity contribution < 1.29 is 9.72 Å². The lowest BCUT2D eigenvalue weighted by molar-refractivity contribution is -0.385. The molecule has 0 bridgehead atoms. The fraction of sp³-hybridized carbons (Fsp3) is 0.562. The van der Waals surface area contributed by atoms with Crippen molar-refractivity contribution in [1.82, 2.24) is 5.32 Å². The predicted octanol–water partition coefficient (Wildman–Crippen LogP) is 3.46. The Bertz CT molecular complexity index is 556. The van der Waals surface area contributed by atoms with Crippen LogP contribution in [0.2, 0.25) is 0 Å². The molecule has 5 nitrogen and oxygen atoms in total. The molecule has 0 heterocycles. The number of nitro benzene ring substituents is 1. The first kappa shape index (κ1) is 15.5. The van der Waals surface area contributed by atoms with E-state index in [1.54, 1.807) is 19.1 Å². The van der Waals surface area contributed by atoms with Crippen LogP contribution in [0.1, 0.15) is 49.0 Å². The number of nitrogens with one attached hydrogen (secondary N) is 1. The van der Waals surface area contributed by atoms with E-state index in [9.17, 15) is 14.9 Å². The minimum atomic E-state index is -0.447. The summed E-state index contributed by atoms with van der Waals surface area (Å²) in [5, 5.41) is 14.0. The van der Waals surface area contributed by atoms with Crippen LogP contribution in [0.5, 0.6) is 0 Å². The molecule has 1 aromatic rings. The van der Waals surface area contributed by atoms with Gasteiger partial charge in [0.1, 0.15) is 0 Å². The molecule has 0 radical (unpaired) electrons. The molecule has 1 N–H and O–H groups in total. The minimum Gasteiger partial charge on any atom is -0.349 e. The van der Waals surface area contributed by atoms with Crippen LogP contribution in [0.25, 0.3) is 0 Å². The standard InChI is InChI=1S/C16H22N2O3/c1-10-5-4-6-14(12(10)3)17-16(19)13-8-7-11(2)15(9-13)18(20)21/h7-10,12,14H,4-6H2,1-3H3,(H,17,19). The van der Waals surface area contributed by atoms with E-state index in [4.69, 9.17) is 0 Å². The second-order valence-corrected chi connectivity index (χ2v) is 6.11. The van der Waals surface area contributed by atoms with E-state index in [1.165, 1.54) is 12.5 Å². The van der Waals surface area contributed by atoms with Gasteiger partial charge in [0.2, 0.25) is 0 Å². The smallest absolute Gasteiger partial charge is 0.273 e. The van der Waals surface area contributed by atoms with E-state index >= 15 is 0 Å². The van der Waals surface area contributed by atoms with Crippen molar-refractivity contribution in [3.8, 4) is 0 Å². The number of carbonyl (C=O) groups is 1. The number of benzene rings is 1. The molecule has 0 spiro atoms. The van der Waals surface area contributed by atoms with Gasteiger partial charge in [-0.2, -0.15) is 0 Å². The van der Waals surface area contributed by atoms with E-state index < -0.39 is 4.92 Å². The average molecular weight is 290 g/mol. The molecule has 0 aromatic heterocycles. The van der Waals surface area contributed by atoms with Gasteiger partial charge in [-0.15, -0.1) is 0 Å². The molecule has 1 fully saturated rings. The number of carbonyl (C=O) groups excluding carboxylic acids is 1. The van der Waals surface area contributed by atoms with Crippen molar-refractivity contribution >= 4 is 11.6 Å². The fourth-order valence-corrected chi connectivity index (χ4v) is 2.98. The normalized spacial score (nSPS) is 25.4. The Kier molecular flexibility index (Phi) is 4.60. The van der Waals surface area contributed by atoms with Gasteiger partial charge < -0.3 is 5.32 Å². The summed E-state index contributed by atoms with van der Waals surface area (Å²) in [6.07, 6.45) is 3.29. The lowest BCUT2D eigenvalue weighted by Crippen LogP contribution is -2.43. The van der Waals surface area contributed by atoms with Crippen LogP contribution >= 0.6 is 0 Å². The van der Waals surface area contributed by atoms with E-state index in [0.717, 1.165) is 12.8 Å². The van der Waals surface area contributed by atoms with Gasteiger partial charge in [-0.1, -0.05) is 32.8 Å². The molecule has 0 aliphatic heterocycles. The van der Waals surface area contributed by atoms with Crippen molar-refractivity contribution in [2.45, 2.75) is 46.1 Å². The molecular weight excluding hydrogens is 268 g/mol. The minimum absolute atomic E-state index is 0.00675. The van der Waals surface area contributed by atoms with Crippen molar-refractivity contribution in [1.29, 1.82) is 0 Å². The monoisotopic (exact) mass is 290 g/mol. The summed E-state index contributed by atoms with van der Waals surface area (Å²) in [5.41, 5.74) is 0.918. The number of aryl methyl sites for hydroxylation is 1. The Labute approximate surface area is 124 Å². The Morgan fingerprint density at radius 1 is 1.33 bits per heavy atom. The van der Waals surface area contributed by atoms with E-state index in [-0.39, 0.29) is 17.6 Å². The third-order valence-electron chi connectivity index (χ3n) is 4.69. The summed E-state index contributed by atoms with van der Waals surface area (Å²) in [6.45, 7) is 6.04. The number of amides is 1. The highest BCUT2D eigenvalue weighted by molar-refractivity contribution is 5.95. The van der Waals surface area contributed by atoms with Crippen LogP contribution in [-0.4, -0.2) is 16.9 Å². The molecule has 21 heavy (non-hydrogen) atoms. The van der Waals surface area contributed by atoms with Gasteiger partial charge in [-0.05, 0) is 31.2 Å². The Morgan fingerprint density at radius 3 is 2.71 bits per heavy atom. The summed E-state index contributed by atoms with van der Waals surface area (Å²) in [5.74, 6) is 0.809. The molecule has 1 aromatic carbocycles. The Hall–Kier alpha value is -1.91. The number of rotatable bonds is 3. The first-order valence-corrected chi connectivity index (χ1v) is 7.46. The van der Waals surface area contributed by atoms with Crippen molar-refractivity contribution in [2.75, 3.05) is 0 Å². The first-order valence-electron chi connectivity index (χ1n) is 7.46. The Balaban J connectivity index is 2.13. The summed E-state index contributed by atoms with van der Waals surface area (Å²) in [7, 11) is 0. The number of nitrogens with zero attached hydrogens (tertiary/aromatic N) is 1. The lowest BCUT2D eigenvalue weighted by Gasteiger charge is -2.34. The lowest BCUT2D eigenvalue weighted by atomic mass is 9.78. The summed E-state index contributed by atoms with van der Waals surface area (Å²) < 4.78 is 0. The van der Waals surface area contributed by atoms with Crippen molar-refractivity contribution in [2.24, 2.45) is 11.8 Å². The summed E-state index contributed by atoms with van der Waals surface area (Å²) in [4.78, 5) is 22.8. The number of hydrogen-bond donors (Lipinski definition) is 1. The van der Waals surface area contributed by atoms with E-state index in [2.05, 4.69) is 19.2 Å². The van der Waals surface area contributed by atoms with Crippen LogP contribution < -0.4 is 5.32 Å². The molecular formula is C16H22N2O3. The molecule has 114 valence electrons. The van der Waals surface area contributed by atoms with Gasteiger partial charge >= 0.3 is 0 Å². The van der Waals surface area contributed by atoms with Gasteiger partial charge in [0.15, 0.2) is 0 Å². The highest BCUT2D eigenvalue weighted by atomic mass is 16.6.